The monoisotopic (exact) mass is 464 g/mol. The lowest BCUT2D eigenvalue weighted by atomic mass is 10.1. The van der Waals surface area contributed by atoms with Gasteiger partial charge in [-0.2, -0.15) is 0 Å². The summed E-state index contributed by atoms with van der Waals surface area (Å²) < 4.78 is 5.78. The van der Waals surface area contributed by atoms with Crippen LogP contribution < -0.4 is 16.0 Å². The SMILES string of the molecule is CNC(=O)c1ccc(CNC(=O)NC[C@H]2CN(Cc3ccc(Cl)c(Cl)c3)CCO2)cc1. The maximum atomic E-state index is 12.1. The van der Waals surface area contributed by atoms with Gasteiger partial charge in [-0.25, -0.2) is 4.79 Å². The van der Waals surface area contributed by atoms with Gasteiger partial charge in [0, 0.05) is 45.3 Å². The second-order valence-electron chi connectivity index (χ2n) is 7.32. The molecule has 0 aromatic heterocycles. The first kappa shape index (κ1) is 23.3. The minimum Gasteiger partial charge on any atom is -0.374 e. The number of carbonyl (C=O) groups excluding carboxylic acids is 2. The molecule has 1 atom stereocenters. The van der Waals surface area contributed by atoms with Crippen molar-refractivity contribution >= 4 is 35.1 Å². The molecule has 166 valence electrons. The number of hydrogen-bond acceptors (Lipinski definition) is 4. The number of urea groups is 1. The van der Waals surface area contributed by atoms with Crippen LogP contribution in [0.2, 0.25) is 10.0 Å². The molecule has 0 unspecified atom stereocenters. The lowest BCUT2D eigenvalue weighted by Crippen LogP contribution is -2.48. The summed E-state index contributed by atoms with van der Waals surface area (Å²) in [6, 6.07) is 12.5. The predicted molar refractivity (Wildman–Crippen MR) is 122 cm³/mol. The van der Waals surface area contributed by atoms with E-state index in [0.29, 0.717) is 41.8 Å². The van der Waals surface area contributed by atoms with Crippen LogP contribution in [0.15, 0.2) is 42.5 Å². The van der Waals surface area contributed by atoms with Gasteiger partial charge in [0.1, 0.15) is 0 Å². The molecule has 0 radical (unpaired) electrons. The first-order valence-corrected chi connectivity index (χ1v) is 10.8. The van der Waals surface area contributed by atoms with Crippen LogP contribution in [0.4, 0.5) is 4.79 Å². The van der Waals surface area contributed by atoms with Crippen molar-refractivity contribution in [3.05, 3.63) is 69.2 Å². The zero-order chi connectivity index (χ0) is 22.2. The number of carbonyl (C=O) groups is 2. The van der Waals surface area contributed by atoms with Gasteiger partial charge >= 0.3 is 6.03 Å². The van der Waals surface area contributed by atoms with E-state index in [1.165, 1.54) is 0 Å². The predicted octanol–water partition coefficient (Wildman–Crippen LogP) is 3.05. The summed E-state index contributed by atoms with van der Waals surface area (Å²) in [5.74, 6) is -0.141. The van der Waals surface area contributed by atoms with Gasteiger partial charge in [-0.15, -0.1) is 0 Å². The number of rotatable bonds is 7. The van der Waals surface area contributed by atoms with Gasteiger partial charge in [0.05, 0.1) is 22.8 Å². The maximum Gasteiger partial charge on any atom is 0.315 e. The Morgan fingerprint density at radius 1 is 1.06 bits per heavy atom. The van der Waals surface area contributed by atoms with Crippen LogP contribution in [0, 0.1) is 0 Å². The van der Waals surface area contributed by atoms with Crippen LogP contribution >= 0.6 is 23.2 Å². The van der Waals surface area contributed by atoms with Gasteiger partial charge in [0.2, 0.25) is 0 Å². The molecule has 31 heavy (non-hydrogen) atoms. The Bertz CT molecular complexity index is 908. The molecule has 0 bridgehead atoms. The summed E-state index contributed by atoms with van der Waals surface area (Å²) in [4.78, 5) is 26.0. The van der Waals surface area contributed by atoms with Crippen molar-refractivity contribution in [2.24, 2.45) is 0 Å². The third kappa shape index (κ3) is 7.11. The normalized spacial score (nSPS) is 16.5. The van der Waals surface area contributed by atoms with Crippen molar-refractivity contribution in [1.82, 2.24) is 20.9 Å². The Hall–Kier alpha value is -2.32. The Labute approximate surface area is 192 Å². The molecule has 1 fully saturated rings. The molecule has 3 amide bonds. The summed E-state index contributed by atoms with van der Waals surface area (Å²) in [6.45, 7) is 3.66. The molecule has 1 saturated heterocycles. The highest BCUT2D eigenvalue weighted by molar-refractivity contribution is 6.42. The Kier molecular flexibility index (Phi) is 8.54. The molecule has 1 aliphatic rings. The first-order valence-electron chi connectivity index (χ1n) is 10.0. The molecule has 9 heteroatoms. The van der Waals surface area contributed by atoms with E-state index >= 15 is 0 Å². The van der Waals surface area contributed by atoms with Gasteiger partial charge in [0.15, 0.2) is 0 Å². The summed E-state index contributed by atoms with van der Waals surface area (Å²) in [7, 11) is 1.59. The highest BCUT2D eigenvalue weighted by Crippen LogP contribution is 2.23. The minimum atomic E-state index is -0.263. The van der Waals surface area contributed by atoms with Crippen molar-refractivity contribution in [3.63, 3.8) is 0 Å². The summed E-state index contributed by atoms with van der Waals surface area (Å²) >= 11 is 12.1. The lowest BCUT2D eigenvalue weighted by molar-refractivity contribution is -0.0287. The zero-order valence-corrected chi connectivity index (χ0v) is 18.8. The van der Waals surface area contributed by atoms with Gasteiger partial charge < -0.3 is 20.7 Å². The molecule has 3 N–H and O–H groups in total. The molecule has 3 rings (SSSR count). The molecule has 2 aromatic rings. The zero-order valence-electron chi connectivity index (χ0n) is 17.3. The van der Waals surface area contributed by atoms with Crippen molar-refractivity contribution < 1.29 is 14.3 Å². The smallest absolute Gasteiger partial charge is 0.315 e. The van der Waals surface area contributed by atoms with Crippen molar-refractivity contribution in [3.8, 4) is 0 Å². The molecule has 0 aliphatic carbocycles. The van der Waals surface area contributed by atoms with E-state index in [0.717, 1.165) is 24.2 Å². The fourth-order valence-corrected chi connectivity index (χ4v) is 3.63. The highest BCUT2D eigenvalue weighted by atomic mass is 35.5. The van der Waals surface area contributed by atoms with Gasteiger partial charge in [-0.1, -0.05) is 41.4 Å². The second kappa shape index (κ2) is 11.3. The quantitative estimate of drug-likeness (QED) is 0.587. The molecular formula is C22H26Cl2N4O3. The second-order valence-corrected chi connectivity index (χ2v) is 8.13. The van der Waals surface area contributed by atoms with Gasteiger partial charge in [-0.05, 0) is 35.4 Å². The van der Waals surface area contributed by atoms with Crippen LogP contribution in [0.1, 0.15) is 21.5 Å². The van der Waals surface area contributed by atoms with E-state index in [2.05, 4.69) is 20.9 Å². The molecule has 1 aliphatic heterocycles. The van der Waals surface area contributed by atoms with E-state index in [1.807, 2.05) is 24.3 Å². The molecule has 0 spiro atoms. The van der Waals surface area contributed by atoms with Gasteiger partial charge in [-0.3, -0.25) is 9.69 Å². The molecule has 7 nitrogen and oxygen atoms in total. The number of morpholine rings is 1. The van der Waals surface area contributed by atoms with Crippen LogP contribution in [0.5, 0.6) is 0 Å². The third-order valence-electron chi connectivity index (χ3n) is 5.00. The third-order valence-corrected chi connectivity index (χ3v) is 5.74. The van der Waals surface area contributed by atoms with Crippen molar-refractivity contribution in [2.45, 2.75) is 19.2 Å². The van der Waals surface area contributed by atoms with Crippen LogP contribution in [0.25, 0.3) is 0 Å². The number of nitrogens with one attached hydrogen (secondary N) is 3. The Balaban J connectivity index is 1.40. The molecule has 2 aromatic carbocycles. The van der Waals surface area contributed by atoms with Crippen molar-refractivity contribution in [1.29, 1.82) is 0 Å². The Morgan fingerprint density at radius 2 is 1.81 bits per heavy atom. The van der Waals surface area contributed by atoms with Crippen molar-refractivity contribution in [2.75, 3.05) is 33.3 Å². The van der Waals surface area contributed by atoms with E-state index in [4.69, 9.17) is 27.9 Å². The van der Waals surface area contributed by atoms with Gasteiger partial charge in [0.25, 0.3) is 5.91 Å². The minimum absolute atomic E-state index is 0.0888. The molecular weight excluding hydrogens is 439 g/mol. The summed E-state index contributed by atoms with van der Waals surface area (Å²) in [5.41, 5.74) is 2.57. The average molecular weight is 465 g/mol. The largest absolute Gasteiger partial charge is 0.374 e. The van der Waals surface area contributed by atoms with E-state index in [1.54, 1.807) is 25.2 Å². The fourth-order valence-electron chi connectivity index (χ4n) is 3.31. The number of hydrogen-bond donors (Lipinski definition) is 3. The fraction of sp³-hybridized carbons (Fsp3) is 0.364. The number of amides is 3. The molecule has 1 heterocycles. The molecule has 0 saturated carbocycles. The number of halogens is 2. The summed E-state index contributed by atoms with van der Waals surface area (Å²) in [5, 5.41) is 9.34. The lowest BCUT2D eigenvalue weighted by Gasteiger charge is -2.33. The number of ether oxygens (including phenoxy) is 1. The number of benzene rings is 2. The maximum absolute atomic E-state index is 12.1. The first-order chi connectivity index (χ1) is 14.9. The van der Waals surface area contributed by atoms with Crippen LogP contribution in [0.3, 0.4) is 0 Å². The van der Waals surface area contributed by atoms with Crippen LogP contribution in [-0.4, -0.2) is 56.2 Å². The highest BCUT2D eigenvalue weighted by Gasteiger charge is 2.21. The topological polar surface area (TPSA) is 82.7 Å². The van der Waals surface area contributed by atoms with E-state index < -0.39 is 0 Å². The Morgan fingerprint density at radius 3 is 2.52 bits per heavy atom. The average Bonchev–Trinajstić information content (AvgIpc) is 2.79. The van der Waals surface area contributed by atoms with E-state index in [-0.39, 0.29) is 18.0 Å². The standard InChI is InChI=1S/C22H26Cl2N4O3/c1-25-21(29)17-5-2-15(3-6-17)11-26-22(30)27-12-18-14-28(8-9-31-18)13-16-4-7-19(23)20(24)10-16/h2-7,10,18H,8-9,11-14H2,1H3,(H,25,29)(H2,26,27,30)/t18-/m0/s1. The summed E-state index contributed by atoms with van der Waals surface area (Å²) in [6.07, 6.45) is -0.0888. The van der Waals surface area contributed by atoms with E-state index in [9.17, 15) is 9.59 Å². The number of nitrogens with zero attached hydrogens (tertiary/aromatic N) is 1. The van der Waals surface area contributed by atoms with Crippen LogP contribution in [-0.2, 0) is 17.8 Å².